The van der Waals surface area contributed by atoms with Crippen molar-refractivity contribution in [3.8, 4) is 6.07 Å². The Kier molecular flexibility index (Phi) is 7.10. The third-order valence-electron chi connectivity index (χ3n) is 5.77. The lowest BCUT2D eigenvalue weighted by molar-refractivity contribution is -0.140. The number of carbonyl (C=O) groups excluding carboxylic acids is 1. The monoisotopic (exact) mass is 474 g/mol. The van der Waals surface area contributed by atoms with Crippen molar-refractivity contribution in [1.82, 2.24) is 9.47 Å². The highest BCUT2D eigenvalue weighted by molar-refractivity contribution is 8.26. The fourth-order valence-electron chi connectivity index (χ4n) is 4.52. The number of nitriles is 1. The molecule has 2 fully saturated rings. The SMILES string of the molecule is CCn1c(N2CC(C)CC(C)C2)c(/C=C2\SC(=S)N(CC(=O)O)C2=O)c(C)c(C#N)c1=O. The number of rotatable bonds is 5. The highest BCUT2D eigenvalue weighted by atomic mass is 32.2. The molecule has 0 radical (unpaired) electrons. The highest BCUT2D eigenvalue weighted by Crippen LogP contribution is 2.37. The number of carboxylic acids is 1. The number of nitrogens with zero attached hydrogens (tertiary/aromatic N) is 4. The molecule has 2 atom stereocenters. The highest BCUT2D eigenvalue weighted by Gasteiger charge is 2.35. The van der Waals surface area contributed by atoms with Crippen molar-refractivity contribution in [3.63, 3.8) is 0 Å². The Hall–Kier alpha value is -2.64. The average Bonchev–Trinajstić information content (AvgIpc) is 2.96. The molecule has 10 heteroatoms. The normalized spacial score (nSPS) is 22.5. The summed E-state index contributed by atoms with van der Waals surface area (Å²) in [5.41, 5.74) is 0.830. The maximum Gasteiger partial charge on any atom is 0.323 e. The van der Waals surface area contributed by atoms with Crippen molar-refractivity contribution >= 4 is 52.1 Å². The van der Waals surface area contributed by atoms with Gasteiger partial charge in [-0.1, -0.05) is 37.8 Å². The van der Waals surface area contributed by atoms with Gasteiger partial charge in [-0.2, -0.15) is 5.26 Å². The number of carbonyl (C=O) groups is 2. The minimum atomic E-state index is -1.15. The van der Waals surface area contributed by atoms with Crippen molar-refractivity contribution in [2.75, 3.05) is 24.5 Å². The van der Waals surface area contributed by atoms with Gasteiger partial charge in [-0.25, -0.2) is 0 Å². The average molecular weight is 475 g/mol. The number of thioether (sulfide) groups is 1. The fourth-order valence-corrected chi connectivity index (χ4v) is 5.75. The molecule has 170 valence electrons. The summed E-state index contributed by atoms with van der Waals surface area (Å²) in [5.74, 6) is -0.0905. The maximum absolute atomic E-state index is 13.1. The summed E-state index contributed by atoms with van der Waals surface area (Å²) in [4.78, 5) is 40.6. The van der Waals surface area contributed by atoms with Crippen molar-refractivity contribution in [2.24, 2.45) is 11.8 Å². The van der Waals surface area contributed by atoms with Crippen molar-refractivity contribution in [3.05, 3.63) is 31.9 Å². The first kappa shape index (κ1) is 24.0. The Morgan fingerprint density at radius 1 is 1.31 bits per heavy atom. The van der Waals surface area contributed by atoms with Crippen molar-refractivity contribution in [1.29, 1.82) is 5.26 Å². The molecule has 3 rings (SSSR count). The molecule has 2 saturated heterocycles. The molecule has 1 aromatic rings. The lowest BCUT2D eigenvalue weighted by atomic mass is 9.91. The lowest BCUT2D eigenvalue weighted by Gasteiger charge is -2.38. The number of carboxylic acid groups (broad SMARTS) is 1. The van der Waals surface area contributed by atoms with E-state index in [0.717, 1.165) is 36.2 Å². The predicted octanol–water partition coefficient (Wildman–Crippen LogP) is 2.82. The van der Waals surface area contributed by atoms with Crippen molar-refractivity contribution < 1.29 is 14.7 Å². The van der Waals surface area contributed by atoms with Crippen LogP contribution in [-0.2, 0) is 16.1 Å². The van der Waals surface area contributed by atoms with Gasteiger partial charge >= 0.3 is 5.97 Å². The molecule has 8 nitrogen and oxygen atoms in total. The Morgan fingerprint density at radius 3 is 2.47 bits per heavy atom. The van der Waals surface area contributed by atoms with Crippen molar-refractivity contribution in [2.45, 2.75) is 40.7 Å². The first-order chi connectivity index (χ1) is 15.1. The zero-order valence-corrected chi connectivity index (χ0v) is 20.2. The number of anilines is 1. The molecule has 0 aromatic carbocycles. The molecule has 0 aliphatic carbocycles. The lowest BCUT2D eigenvalue weighted by Crippen LogP contribution is -2.42. The summed E-state index contributed by atoms with van der Waals surface area (Å²) in [6.07, 6.45) is 2.74. The van der Waals surface area contributed by atoms with Gasteiger partial charge in [0.1, 0.15) is 28.3 Å². The molecule has 0 bridgehead atoms. The molecule has 2 aliphatic heterocycles. The Labute approximate surface area is 196 Å². The van der Waals surface area contributed by atoms with Gasteiger partial charge in [-0.15, -0.1) is 0 Å². The zero-order valence-electron chi connectivity index (χ0n) is 18.5. The number of aromatic nitrogens is 1. The molecule has 0 saturated carbocycles. The minimum Gasteiger partial charge on any atom is -0.480 e. The van der Waals surface area contributed by atoms with Crippen LogP contribution in [0.3, 0.4) is 0 Å². The Bertz CT molecular complexity index is 1110. The van der Waals surface area contributed by atoms with E-state index in [0.29, 0.717) is 35.3 Å². The Morgan fingerprint density at radius 2 is 1.94 bits per heavy atom. The van der Waals surface area contributed by atoms with Crippen LogP contribution >= 0.6 is 24.0 Å². The van der Waals surface area contributed by atoms with Crippen LogP contribution in [-0.4, -0.2) is 50.4 Å². The van der Waals surface area contributed by atoms with Gasteiger partial charge in [-0.05, 0) is 43.7 Å². The van der Waals surface area contributed by atoms with Crippen LogP contribution < -0.4 is 10.5 Å². The number of amides is 1. The van der Waals surface area contributed by atoms with E-state index in [9.17, 15) is 19.6 Å². The van der Waals surface area contributed by atoms with E-state index in [1.807, 2.05) is 13.0 Å². The summed E-state index contributed by atoms with van der Waals surface area (Å²) in [5, 5.41) is 18.8. The molecule has 1 N–H and O–H groups in total. The second kappa shape index (κ2) is 9.46. The second-order valence-electron chi connectivity index (χ2n) is 8.41. The van der Waals surface area contributed by atoms with E-state index < -0.39 is 18.4 Å². The minimum absolute atomic E-state index is 0.0426. The van der Waals surface area contributed by atoms with Crippen LogP contribution in [0.5, 0.6) is 0 Å². The first-order valence-corrected chi connectivity index (χ1v) is 11.7. The number of hydrogen-bond donors (Lipinski definition) is 1. The van der Waals surface area contributed by atoms with E-state index in [-0.39, 0.29) is 20.3 Å². The Balaban J connectivity index is 2.23. The smallest absolute Gasteiger partial charge is 0.323 e. The molecule has 0 spiro atoms. The fraction of sp³-hybridized carbons (Fsp3) is 0.500. The molecule has 1 amide bonds. The summed E-state index contributed by atoms with van der Waals surface area (Å²) in [7, 11) is 0. The predicted molar refractivity (Wildman–Crippen MR) is 129 cm³/mol. The van der Waals surface area contributed by atoms with Gasteiger partial charge in [-0.3, -0.25) is 23.9 Å². The number of hydrogen-bond acceptors (Lipinski definition) is 7. The van der Waals surface area contributed by atoms with E-state index in [2.05, 4.69) is 18.7 Å². The van der Waals surface area contributed by atoms with Gasteiger partial charge in [0.15, 0.2) is 0 Å². The third kappa shape index (κ3) is 4.45. The van der Waals surface area contributed by atoms with E-state index in [1.165, 1.54) is 0 Å². The van der Waals surface area contributed by atoms with Crippen LogP contribution in [0, 0.1) is 30.1 Å². The molecular formula is C22H26N4O4S2. The van der Waals surface area contributed by atoms with E-state index in [1.54, 1.807) is 17.6 Å². The van der Waals surface area contributed by atoms with Gasteiger partial charge < -0.3 is 10.0 Å². The number of pyridine rings is 1. The maximum atomic E-state index is 13.1. The van der Waals surface area contributed by atoms with E-state index in [4.69, 9.17) is 17.3 Å². The molecule has 3 heterocycles. The third-order valence-corrected chi connectivity index (χ3v) is 7.15. The van der Waals surface area contributed by atoms with Gasteiger partial charge in [0.25, 0.3) is 11.5 Å². The molecular weight excluding hydrogens is 448 g/mol. The topological polar surface area (TPSA) is 107 Å². The van der Waals surface area contributed by atoms with Crippen LogP contribution in [0.4, 0.5) is 5.82 Å². The van der Waals surface area contributed by atoms with E-state index >= 15 is 0 Å². The molecule has 32 heavy (non-hydrogen) atoms. The summed E-state index contributed by atoms with van der Waals surface area (Å²) in [6.45, 7) is 9.30. The zero-order chi connectivity index (χ0) is 23.7. The first-order valence-electron chi connectivity index (χ1n) is 10.5. The summed E-state index contributed by atoms with van der Waals surface area (Å²) < 4.78 is 1.77. The van der Waals surface area contributed by atoms with Crippen LogP contribution in [0.25, 0.3) is 6.08 Å². The largest absolute Gasteiger partial charge is 0.480 e. The van der Waals surface area contributed by atoms with Gasteiger partial charge in [0.05, 0.1) is 4.91 Å². The quantitative estimate of drug-likeness (QED) is 0.513. The second-order valence-corrected chi connectivity index (χ2v) is 10.1. The van der Waals surface area contributed by atoms with Gasteiger partial charge in [0, 0.05) is 25.2 Å². The number of thiocarbonyl (C=S) groups is 1. The summed E-state index contributed by atoms with van der Waals surface area (Å²) in [6, 6.07) is 2.02. The van der Waals surface area contributed by atoms with Crippen LogP contribution in [0.1, 0.15) is 43.9 Å². The standard InChI is InChI=1S/C22H26N4O4S2/c1-5-25-19(24-9-12(2)6-13(3)10-24)15(14(4)16(8-23)20(25)29)7-17-21(30)26(11-18(27)28)22(31)32-17/h7,12-13H,5-6,9-11H2,1-4H3,(H,27,28)/b17-7-. The molecule has 2 unspecified atom stereocenters. The van der Waals surface area contributed by atoms with Crippen LogP contribution in [0.15, 0.2) is 9.70 Å². The summed E-state index contributed by atoms with van der Waals surface area (Å²) >= 11 is 6.25. The van der Waals surface area contributed by atoms with Crippen LogP contribution in [0.2, 0.25) is 0 Å². The molecule has 2 aliphatic rings. The number of piperidine rings is 1. The number of aliphatic carboxylic acids is 1. The van der Waals surface area contributed by atoms with Gasteiger partial charge in [0.2, 0.25) is 0 Å². The molecule has 1 aromatic heterocycles.